The zero-order valence-electron chi connectivity index (χ0n) is 22.7. The molecule has 4 fully saturated rings. The lowest BCUT2D eigenvalue weighted by Crippen LogP contribution is -2.55. The van der Waals surface area contributed by atoms with Crippen LogP contribution in [0.3, 0.4) is 0 Å². The average molecular weight is 461 g/mol. The van der Waals surface area contributed by atoms with Gasteiger partial charge < -0.3 is 9.84 Å². The van der Waals surface area contributed by atoms with Crippen molar-refractivity contribution in [1.82, 2.24) is 0 Å². The maximum absolute atomic E-state index is 11.7. The Morgan fingerprint density at radius 1 is 1.00 bits per heavy atom. The van der Waals surface area contributed by atoms with Gasteiger partial charge in [0, 0.05) is 6.92 Å². The van der Waals surface area contributed by atoms with Crippen molar-refractivity contribution in [3.8, 4) is 0 Å². The number of rotatable bonds is 6. The monoisotopic (exact) mass is 460 g/mol. The molecular weight excluding hydrogens is 408 g/mol. The molecule has 0 radical (unpaired) electrons. The molecular formula is C30H52O3. The SMILES string of the molecule is CC(=O)O[C@H]1CC[C@@]2(C)[C@@H](CC[C@@H]3[C@@H]2CC[C@@]2(C)[C@H]3CC[C@@H]2[C@@](C)(O)CC[C@H](C)C(C)C)C1. The number of hydrogen-bond acceptors (Lipinski definition) is 3. The van der Waals surface area contributed by atoms with Gasteiger partial charge in [0.2, 0.25) is 0 Å². The first-order valence-corrected chi connectivity index (χ1v) is 14.3. The van der Waals surface area contributed by atoms with Crippen molar-refractivity contribution >= 4 is 5.97 Å². The maximum atomic E-state index is 11.7. The number of esters is 1. The first-order valence-electron chi connectivity index (χ1n) is 14.3. The van der Waals surface area contributed by atoms with Crippen LogP contribution in [0.25, 0.3) is 0 Å². The molecule has 4 aliphatic rings. The molecule has 10 atom stereocenters. The molecule has 0 aliphatic heterocycles. The fraction of sp³-hybridized carbons (Fsp3) is 0.967. The van der Waals surface area contributed by atoms with Crippen molar-refractivity contribution in [1.29, 1.82) is 0 Å². The van der Waals surface area contributed by atoms with Crippen LogP contribution in [0.4, 0.5) is 0 Å². The molecule has 4 aliphatic carbocycles. The lowest BCUT2D eigenvalue weighted by molar-refractivity contribution is -0.164. The average Bonchev–Trinajstić information content (AvgIpc) is 3.10. The predicted molar refractivity (Wildman–Crippen MR) is 135 cm³/mol. The molecule has 1 N–H and O–H groups in total. The molecule has 3 heteroatoms. The number of fused-ring (bicyclic) bond motifs is 5. The molecule has 3 nitrogen and oxygen atoms in total. The van der Waals surface area contributed by atoms with Crippen LogP contribution < -0.4 is 0 Å². The quantitative estimate of drug-likeness (QED) is 0.420. The van der Waals surface area contributed by atoms with Gasteiger partial charge >= 0.3 is 5.97 Å². The Labute approximate surface area is 203 Å². The van der Waals surface area contributed by atoms with Crippen LogP contribution >= 0.6 is 0 Å². The van der Waals surface area contributed by atoms with Crippen molar-refractivity contribution in [2.75, 3.05) is 0 Å². The Morgan fingerprint density at radius 2 is 1.67 bits per heavy atom. The van der Waals surface area contributed by atoms with Gasteiger partial charge in [-0.3, -0.25) is 4.79 Å². The minimum Gasteiger partial charge on any atom is -0.463 e. The smallest absolute Gasteiger partial charge is 0.302 e. The van der Waals surface area contributed by atoms with Gasteiger partial charge in [0.25, 0.3) is 0 Å². The van der Waals surface area contributed by atoms with E-state index in [0.29, 0.717) is 34.5 Å². The third-order valence-corrected chi connectivity index (χ3v) is 11.9. The molecule has 4 saturated carbocycles. The molecule has 0 aromatic carbocycles. The summed E-state index contributed by atoms with van der Waals surface area (Å²) in [4.78, 5) is 11.5. The largest absolute Gasteiger partial charge is 0.463 e. The van der Waals surface area contributed by atoms with Gasteiger partial charge in [0.05, 0.1) is 5.60 Å². The summed E-state index contributed by atoms with van der Waals surface area (Å²) >= 11 is 0. The van der Waals surface area contributed by atoms with Crippen LogP contribution in [0.2, 0.25) is 0 Å². The molecule has 33 heavy (non-hydrogen) atoms. The lowest BCUT2D eigenvalue weighted by atomic mass is 9.44. The van der Waals surface area contributed by atoms with Crippen molar-refractivity contribution in [2.45, 2.75) is 131 Å². The van der Waals surface area contributed by atoms with E-state index in [1.54, 1.807) is 6.92 Å². The van der Waals surface area contributed by atoms with Crippen LogP contribution in [0.1, 0.15) is 119 Å². The van der Waals surface area contributed by atoms with E-state index in [4.69, 9.17) is 4.74 Å². The summed E-state index contributed by atoms with van der Waals surface area (Å²) in [6.45, 7) is 15.8. The number of aliphatic hydroxyl groups is 1. The molecule has 4 rings (SSSR count). The fourth-order valence-electron chi connectivity index (χ4n) is 9.61. The third-order valence-electron chi connectivity index (χ3n) is 11.9. The lowest BCUT2D eigenvalue weighted by Gasteiger charge is -2.61. The highest BCUT2D eigenvalue weighted by atomic mass is 16.5. The van der Waals surface area contributed by atoms with E-state index in [1.165, 1.54) is 44.9 Å². The molecule has 0 spiro atoms. The molecule has 0 bridgehead atoms. The highest BCUT2D eigenvalue weighted by molar-refractivity contribution is 5.66. The van der Waals surface area contributed by atoms with Crippen LogP contribution in [-0.4, -0.2) is 22.8 Å². The van der Waals surface area contributed by atoms with E-state index in [2.05, 4.69) is 41.5 Å². The Hall–Kier alpha value is -0.570. The van der Waals surface area contributed by atoms with E-state index < -0.39 is 5.60 Å². The summed E-state index contributed by atoms with van der Waals surface area (Å²) < 4.78 is 5.65. The topological polar surface area (TPSA) is 46.5 Å². The summed E-state index contributed by atoms with van der Waals surface area (Å²) in [5, 5.41) is 11.7. The van der Waals surface area contributed by atoms with Crippen molar-refractivity contribution in [3.63, 3.8) is 0 Å². The molecule has 0 amide bonds. The van der Waals surface area contributed by atoms with Gasteiger partial charge in [-0.25, -0.2) is 0 Å². The molecule has 0 aromatic heterocycles. The van der Waals surface area contributed by atoms with Crippen molar-refractivity contribution in [2.24, 2.45) is 52.3 Å². The fourth-order valence-corrected chi connectivity index (χ4v) is 9.61. The van der Waals surface area contributed by atoms with Crippen LogP contribution in [0.5, 0.6) is 0 Å². The van der Waals surface area contributed by atoms with Gasteiger partial charge in [-0.15, -0.1) is 0 Å². The van der Waals surface area contributed by atoms with Gasteiger partial charge in [0.15, 0.2) is 0 Å². The number of ether oxygens (including phenoxy) is 1. The van der Waals surface area contributed by atoms with Crippen LogP contribution in [0.15, 0.2) is 0 Å². The summed E-state index contributed by atoms with van der Waals surface area (Å²) in [6.07, 6.45) is 13.4. The second-order valence-corrected chi connectivity index (χ2v) is 14.0. The molecule has 0 aromatic rings. The number of hydrogen-bond donors (Lipinski definition) is 1. The second-order valence-electron chi connectivity index (χ2n) is 14.0. The second kappa shape index (κ2) is 9.14. The Morgan fingerprint density at radius 3 is 2.33 bits per heavy atom. The van der Waals surface area contributed by atoms with E-state index in [1.807, 2.05) is 0 Å². The highest BCUT2D eigenvalue weighted by Crippen LogP contribution is 2.68. The Kier molecular flexibility index (Phi) is 7.07. The molecule has 0 unspecified atom stereocenters. The van der Waals surface area contributed by atoms with Gasteiger partial charge in [0.1, 0.15) is 6.10 Å². The summed E-state index contributed by atoms with van der Waals surface area (Å²) in [7, 11) is 0. The van der Waals surface area contributed by atoms with E-state index in [0.717, 1.165) is 43.4 Å². The molecule has 0 heterocycles. The minimum atomic E-state index is -0.539. The first-order chi connectivity index (χ1) is 15.4. The maximum Gasteiger partial charge on any atom is 0.302 e. The van der Waals surface area contributed by atoms with E-state index in [9.17, 15) is 9.90 Å². The third kappa shape index (κ3) is 4.54. The van der Waals surface area contributed by atoms with Gasteiger partial charge in [-0.1, -0.05) is 34.6 Å². The summed E-state index contributed by atoms with van der Waals surface area (Å²) in [6, 6.07) is 0. The number of carbonyl (C=O) groups is 1. The van der Waals surface area contributed by atoms with Crippen molar-refractivity contribution in [3.05, 3.63) is 0 Å². The Balaban J connectivity index is 1.47. The summed E-state index contributed by atoms with van der Waals surface area (Å²) in [5.41, 5.74) is 0.167. The van der Waals surface area contributed by atoms with Gasteiger partial charge in [-0.05, 0) is 130 Å². The number of carbonyl (C=O) groups excluding carboxylic acids is 1. The molecule has 0 saturated heterocycles. The predicted octanol–water partition coefficient (Wildman–Crippen LogP) is 7.40. The van der Waals surface area contributed by atoms with E-state index >= 15 is 0 Å². The van der Waals surface area contributed by atoms with Gasteiger partial charge in [-0.2, -0.15) is 0 Å². The first kappa shape index (κ1) is 25.5. The zero-order chi connectivity index (χ0) is 24.2. The van der Waals surface area contributed by atoms with Crippen LogP contribution in [-0.2, 0) is 9.53 Å². The van der Waals surface area contributed by atoms with Crippen LogP contribution in [0, 0.1) is 52.3 Å². The minimum absolute atomic E-state index is 0.113. The Bertz CT molecular complexity index is 713. The molecule has 190 valence electrons. The zero-order valence-corrected chi connectivity index (χ0v) is 22.7. The standard InChI is InChI=1S/C30H52O3/c1-19(2)20(3)12-17-30(7,32)27-11-10-25-24-9-8-22-18-23(33-21(4)31)13-15-28(22,5)26(24)14-16-29(25,27)6/h19-20,22-27,32H,8-18H2,1-7H3/t20-,22-,23-,24-,25-,26-,27-,28-,29-,30-/m0/s1. The highest BCUT2D eigenvalue weighted by Gasteiger charge is 2.62. The normalized spacial score (nSPS) is 45.5. The van der Waals surface area contributed by atoms with Crippen molar-refractivity contribution < 1.29 is 14.6 Å². The van der Waals surface area contributed by atoms with E-state index in [-0.39, 0.29) is 12.1 Å². The summed E-state index contributed by atoms with van der Waals surface area (Å²) in [5.74, 6) is 4.82.